The first kappa shape index (κ1) is 37.3. The van der Waals surface area contributed by atoms with Crippen molar-refractivity contribution in [2.45, 2.75) is 108 Å². The van der Waals surface area contributed by atoms with Crippen molar-refractivity contribution in [3.63, 3.8) is 0 Å². The maximum absolute atomic E-state index is 15.1. The van der Waals surface area contributed by atoms with Gasteiger partial charge in [0, 0.05) is 54.0 Å². The number of nitrogens with one attached hydrogen (secondary N) is 1. The van der Waals surface area contributed by atoms with Crippen LogP contribution in [0.5, 0.6) is 23.0 Å². The number of Topliss-reactive ketones (excluding diaryl/α,β-unsaturated/α-hetero) is 1. The molecule has 1 heterocycles. The number of aromatic hydroxyl groups is 3. The molecular weight excluding hydrogens is 666 g/mol. The van der Waals surface area contributed by atoms with E-state index < -0.39 is 23.4 Å². The van der Waals surface area contributed by atoms with Crippen molar-refractivity contribution >= 4 is 5.78 Å². The predicted octanol–water partition coefficient (Wildman–Crippen LogP) is 6.67. The topological polar surface area (TPSA) is 139 Å². The largest absolute Gasteiger partial charge is 0.504 e. The summed E-state index contributed by atoms with van der Waals surface area (Å²) in [6.45, 7) is 2.38. The second-order valence-corrected chi connectivity index (χ2v) is 16.0. The minimum atomic E-state index is -0.983. The molecular formula is C45H55NO7. The fraction of sp³-hybridized carbons (Fsp3) is 0.533. The molecule has 1 aliphatic heterocycles. The van der Waals surface area contributed by atoms with Gasteiger partial charge >= 0.3 is 0 Å². The van der Waals surface area contributed by atoms with E-state index in [4.69, 9.17) is 4.74 Å². The minimum Gasteiger partial charge on any atom is -0.504 e. The summed E-state index contributed by atoms with van der Waals surface area (Å²) in [5, 5.41) is 59.8. The van der Waals surface area contributed by atoms with Crippen LogP contribution in [0.25, 0.3) is 0 Å². The van der Waals surface area contributed by atoms with Crippen LogP contribution in [0, 0.1) is 41.4 Å². The van der Waals surface area contributed by atoms with Gasteiger partial charge in [0.25, 0.3) is 0 Å². The Balaban J connectivity index is 1.45. The lowest BCUT2D eigenvalue weighted by atomic mass is 9.45. The summed E-state index contributed by atoms with van der Waals surface area (Å²) in [6.07, 6.45) is 7.64. The molecule has 6 N–H and O–H groups in total. The van der Waals surface area contributed by atoms with Crippen LogP contribution < -0.4 is 10.1 Å². The zero-order chi connectivity index (χ0) is 37.3. The zero-order valence-corrected chi connectivity index (χ0v) is 31.1. The Morgan fingerprint density at radius 1 is 0.962 bits per heavy atom. The highest BCUT2D eigenvalue weighted by atomic mass is 16.5. The number of phenols is 3. The van der Waals surface area contributed by atoms with Gasteiger partial charge in [-0.05, 0) is 96.5 Å². The molecule has 2 fully saturated rings. The monoisotopic (exact) mass is 721 g/mol. The Bertz CT molecular complexity index is 1850. The predicted molar refractivity (Wildman–Crippen MR) is 204 cm³/mol. The smallest absolute Gasteiger partial charge is 0.160 e. The molecule has 3 aromatic rings. The number of ether oxygens (including phenoxy) is 1. The molecule has 0 unspecified atom stereocenters. The summed E-state index contributed by atoms with van der Waals surface area (Å²) < 4.78 is 5.54. The average molecular weight is 722 g/mol. The summed E-state index contributed by atoms with van der Waals surface area (Å²) in [5.41, 5.74) is 3.71. The van der Waals surface area contributed by atoms with Crippen LogP contribution in [-0.2, 0) is 29.7 Å². The summed E-state index contributed by atoms with van der Waals surface area (Å²) in [6, 6.07) is 16.9. The normalized spacial score (nSPS) is 30.8. The number of phenolic OH excluding ortho intramolecular Hbond substituents is 3. The number of aliphatic hydroxyl groups is 2. The first-order valence-corrected chi connectivity index (χ1v) is 19.8. The third kappa shape index (κ3) is 6.81. The van der Waals surface area contributed by atoms with E-state index in [-0.39, 0.29) is 71.5 Å². The summed E-state index contributed by atoms with van der Waals surface area (Å²) in [4.78, 5) is 15.1. The van der Waals surface area contributed by atoms with Gasteiger partial charge in [-0.25, -0.2) is 0 Å². The van der Waals surface area contributed by atoms with Crippen molar-refractivity contribution in [2.24, 2.45) is 29.6 Å². The van der Waals surface area contributed by atoms with Gasteiger partial charge in [-0.15, -0.1) is 0 Å². The van der Waals surface area contributed by atoms with E-state index >= 15 is 4.79 Å². The average Bonchev–Trinajstić information content (AvgIpc) is 3.16. The number of carbonyl (C=O) groups is 1. The van der Waals surface area contributed by atoms with Crippen molar-refractivity contribution in [3.05, 3.63) is 82.4 Å². The van der Waals surface area contributed by atoms with Crippen LogP contribution in [0.15, 0.2) is 54.6 Å². The molecule has 0 bridgehead atoms. The summed E-state index contributed by atoms with van der Waals surface area (Å²) in [5.74, 6) is 5.47. The number of unbranched alkanes of at least 4 members (excludes halogenated alkanes) is 2. The molecule has 4 aliphatic rings. The van der Waals surface area contributed by atoms with Gasteiger partial charge in [0.15, 0.2) is 23.0 Å². The number of aryl methyl sites for hydroxylation is 1. The summed E-state index contributed by atoms with van der Waals surface area (Å²) >= 11 is 0. The standard InChI is InChI=1S/C45H55NO7/c1-3-4-6-13-33-37(48)22-34(35-23-41(53-2)40(51)21-31(35)26-47)28(19-27-10-7-5-8-11-27)15-16-30-25-46-42-14-9-12-32-18-17-29-20-38(49)39(50)24-36(29)45(32,42)43(30)44(33)52/h5,7-8,10-11,20-21,23-24,28,30,32-34,42-44,46-47,49-52H,3-4,6,9,12-14,17-19,22,25-26H2,1-2H3/t28-,30+,32+,33+,34+,42+,43+,44+,45-/m1/s1. The van der Waals surface area contributed by atoms with E-state index in [2.05, 4.69) is 36.2 Å². The Morgan fingerprint density at radius 3 is 2.51 bits per heavy atom. The molecule has 3 aliphatic carbocycles. The Morgan fingerprint density at radius 2 is 1.75 bits per heavy atom. The zero-order valence-electron chi connectivity index (χ0n) is 31.1. The molecule has 282 valence electrons. The minimum absolute atomic E-state index is 0.0153. The number of piperidine rings is 1. The fourth-order valence-corrected chi connectivity index (χ4v) is 10.9. The maximum Gasteiger partial charge on any atom is 0.160 e. The Hall–Kier alpha value is -4.03. The van der Waals surface area contributed by atoms with Gasteiger partial charge in [-0.3, -0.25) is 4.79 Å². The van der Waals surface area contributed by atoms with Crippen LogP contribution in [0.3, 0.4) is 0 Å². The molecule has 1 saturated heterocycles. The lowest BCUT2D eigenvalue weighted by Gasteiger charge is -2.62. The van der Waals surface area contributed by atoms with Gasteiger partial charge in [-0.1, -0.05) is 74.8 Å². The quantitative estimate of drug-likeness (QED) is 0.0819. The van der Waals surface area contributed by atoms with E-state index in [1.54, 1.807) is 18.2 Å². The molecule has 0 amide bonds. The molecule has 1 saturated carbocycles. The molecule has 7 rings (SSSR count). The molecule has 53 heavy (non-hydrogen) atoms. The van der Waals surface area contributed by atoms with E-state index in [1.165, 1.54) is 13.2 Å². The molecule has 0 aromatic heterocycles. The number of rotatable bonds is 9. The number of ketones is 1. The lowest BCUT2D eigenvalue weighted by molar-refractivity contribution is -0.135. The van der Waals surface area contributed by atoms with E-state index in [0.717, 1.165) is 68.1 Å². The lowest BCUT2D eigenvalue weighted by Crippen LogP contribution is -2.69. The molecule has 0 radical (unpaired) electrons. The van der Waals surface area contributed by atoms with Crippen molar-refractivity contribution in [2.75, 3.05) is 13.7 Å². The highest BCUT2D eigenvalue weighted by Gasteiger charge is 2.62. The molecule has 8 heteroatoms. The first-order valence-electron chi connectivity index (χ1n) is 19.8. The second-order valence-electron chi connectivity index (χ2n) is 16.0. The number of hydrogen-bond donors (Lipinski definition) is 6. The van der Waals surface area contributed by atoms with Crippen LogP contribution in [0.2, 0.25) is 0 Å². The molecule has 1 spiro atoms. The van der Waals surface area contributed by atoms with Gasteiger partial charge < -0.3 is 35.6 Å². The number of carbonyl (C=O) groups excluding carboxylic acids is 1. The molecule has 9 atom stereocenters. The van der Waals surface area contributed by atoms with E-state index in [1.807, 2.05) is 18.2 Å². The van der Waals surface area contributed by atoms with Crippen molar-refractivity contribution in [1.82, 2.24) is 5.32 Å². The fourth-order valence-electron chi connectivity index (χ4n) is 10.9. The molecule has 8 nitrogen and oxygen atoms in total. The van der Waals surface area contributed by atoms with Crippen LogP contribution in [0.1, 0.15) is 98.4 Å². The third-order valence-electron chi connectivity index (χ3n) is 13.3. The Kier molecular flexibility index (Phi) is 11.1. The maximum atomic E-state index is 15.1. The first-order chi connectivity index (χ1) is 25.7. The highest BCUT2D eigenvalue weighted by Crippen LogP contribution is 2.60. The number of hydrogen-bond acceptors (Lipinski definition) is 8. The van der Waals surface area contributed by atoms with Crippen LogP contribution >= 0.6 is 0 Å². The Labute approximate surface area is 313 Å². The van der Waals surface area contributed by atoms with Crippen LogP contribution in [-0.4, -0.2) is 57.1 Å². The SMILES string of the molecule is CCCCC[C@H]1C(=O)C[C@H](c2cc(OC)c(O)cc2CO)[C@@H](Cc2ccccc2)C#C[C@H]2CN[C@H]3CCC[C@H]4CCc5cc(O)c(O)cc5[C@]43[C@@H]2[C@H]1O. The molecule has 3 aromatic carbocycles. The number of benzene rings is 3. The highest BCUT2D eigenvalue weighted by molar-refractivity contribution is 5.83. The van der Waals surface area contributed by atoms with E-state index in [9.17, 15) is 25.5 Å². The van der Waals surface area contributed by atoms with E-state index in [0.29, 0.717) is 30.5 Å². The summed E-state index contributed by atoms with van der Waals surface area (Å²) in [7, 11) is 1.49. The third-order valence-corrected chi connectivity index (χ3v) is 13.3. The second kappa shape index (κ2) is 15.8. The van der Waals surface area contributed by atoms with Crippen molar-refractivity contribution < 1.29 is 35.1 Å². The van der Waals surface area contributed by atoms with Gasteiger partial charge in [0.05, 0.1) is 19.8 Å². The van der Waals surface area contributed by atoms with Gasteiger partial charge in [-0.2, -0.15) is 0 Å². The number of methoxy groups -OCH3 is 1. The number of fused-ring (bicyclic) bond motifs is 2. The number of aliphatic hydroxyl groups excluding tert-OH is 2. The van der Waals surface area contributed by atoms with Gasteiger partial charge in [0.1, 0.15) is 5.78 Å². The van der Waals surface area contributed by atoms with Crippen molar-refractivity contribution in [1.29, 1.82) is 0 Å². The van der Waals surface area contributed by atoms with Crippen LogP contribution in [0.4, 0.5) is 0 Å². The van der Waals surface area contributed by atoms with Gasteiger partial charge in [0.2, 0.25) is 0 Å². The van der Waals surface area contributed by atoms with Crippen molar-refractivity contribution in [3.8, 4) is 34.8 Å².